The summed E-state index contributed by atoms with van der Waals surface area (Å²) in [4.78, 5) is 13.0. The van der Waals surface area contributed by atoms with Gasteiger partial charge in [-0.05, 0) is 36.8 Å². The first-order valence-corrected chi connectivity index (χ1v) is 8.49. The SMILES string of the molecule is COc1cccc(NC(=O)[C@@H](Nc2ccc(C)cc2)c2ccccc2)c1. The molecule has 132 valence electrons. The molecule has 2 N–H and O–H groups in total. The molecular weight excluding hydrogens is 324 g/mol. The van der Waals surface area contributed by atoms with Crippen molar-refractivity contribution in [3.8, 4) is 5.75 Å². The van der Waals surface area contributed by atoms with Crippen LogP contribution in [0.5, 0.6) is 5.75 Å². The van der Waals surface area contributed by atoms with Gasteiger partial charge in [-0.2, -0.15) is 0 Å². The van der Waals surface area contributed by atoms with Gasteiger partial charge in [0, 0.05) is 17.4 Å². The molecule has 0 radical (unpaired) electrons. The Hall–Kier alpha value is -3.27. The molecule has 3 aromatic carbocycles. The van der Waals surface area contributed by atoms with Crippen molar-refractivity contribution in [2.75, 3.05) is 17.7 Å². The minimum Gasteiger partial charge on any atom is -0.497 e. The molecule has 0 fully saturated rings. The number of hydrogen-bond acceptors (Lipinski definition) is 3. The highest BCUT2D eigenvalue weighted by Gasteiger charge is 2.20. The molecular formula is C22H22N2O2. The third-order valence-corrected chi connectivity index (χ3v) is 4.09. The van der Waals surface area contributed by atoms with Crippen molar-refractivity contribution in [2.24, 2.45) is 0 Å². The summed E-state index contributed by atoms with van der Waals surface area (Å²) in [7, 11) is 1.60. The summed E-state index contributed by atoms with van der Waals surface area (Å²) in [5, 5.41) is 6.29. The van der Waals surface area contributed by atoms with Crippen molar-refractivity contribution in [3.05, 3.63) is 90.0 Å². The Labute approximate surface area is 153 Å². The number of rotatable bonds is 6. The molecule has 4 nitrogen and oxygen atoms in total. The lowest BCUT2D eigenvalue weighted by Crippen LogP contribution is -2.27. The van der Waals surface area contributed by atoms with Gasteiger partial charge in [0.1, 0.15) is 11.8 Å². The molecule has 3 aromatic rings. The molecule has 0 aliphatic rings. The van der Waals surface area contributed by atoms with Crippen LogP contribution in [0.1, 0.15) is 17.2 Å². The molecule has 0 saturated carbocycles. The van der Waals surface area contributed by atoms with Crippen molar-refractivity contribution in [1.82, 2.24) is 0 Å². The van der Waals surface area contributed by atoms with Gasteiger partial charge >= 0.3 is 0 Å². The third-order valence-electron chi connectivity index (χ3n) is 4.09. The van der Waals surface area contributed by atoms with E-state index in [-0.39, 0.29) is 5.91 Å². The molecule has 0 saturated heterocycles. The van der Waals surface area contributed by atoms with E-state index in [4.69, 9.17) is 4.74 Å². The zero-order valence-electron chi connectivity index (χ0n) is 14.9. The van der Waals surface area contributed by atoms with Crippen LogP contribution in [0.2, 0.25) is 0 Å². The number of aryl methyl sites for hydroxylation is 1. The average molecular weight is 346 g/mol. The molecule has 0 spiro atoms. The smallest absolute Gasteiger partial charge is 0.251 e. The maximum Gasteiger partial charge on any atom is 0.251 e. The van der Waals surface area contributed by atoms with E-state index < -0.39 is 6.04 Å². The van der Waals surface area contributed by atoms with Gasteiger partial charge in [0.2, 0.25) is 0 Å². The lowest BCUT2D eigenvalue weighted by molar-refractivity contribution is -0.117. The van der Waals surface area contributed by atoms with Crippen molar-refractivity contribution in [2.45, 2.75) is 13.0 Å². The molecule has 0 heterocycles. The lowest BCUT2D eigenvalue weighted by Gasteiger charge is -2.20. The number of amides is 1. The maximum atomic E-state index is 13.0. The fourth-order valence-corrected chi connectivity index (χ4v) is 2.68. The summed E-state index contributed by atoms with van der Waals surface area (Å²) >= 11 is 0. The summed E-state index contributed by atoms with van der Waals surface area (Å²) in [6, 6.07) is 24.5. The van der Waals surface area contributed by atoms with E-state index in [0.29, 0.717) is 11.4 Å². The highest BCUT2D eigenvalue weighted by Crippen LogP contribution is 2.23. The van der Waals surface area contributed by atoms with Gasteiger partial charge in [0.15, 0.2) is 0 Å². The fraction of sp³-hybridized carbons (Fsp3) is 0.136. The topological polar surface area (TPSA) is 50.4 Å². The Balaban J connectivity index is 1.84. The first-order chi connectivity index (χ1) is 12.7. The van der Waals surface area contributed by atoms with Gasteiger partial charge in [0.05, 0.1) is 7.11 Å². The zero-order chi connectivity index (χ0) is 18.4. The first-order valence-electron chi connectivity index (χ1n) is 8.49. The molecule has 4 heteroatoms. The Morgan fingerprint density at radius 2 is 1.62 bits per heavy atom. The number of ether oxygens (including phenoxy) is 1. The zero-order valence-corrected chi connectivity index (χ0v) is 14.9. The van der Waals surface area contributed by atoms with Gasteiger partial charge in [-0.15, -0.1) is 0 Å². The number of carbonyl (C=O) groups is 1. The van der Waals surface area contributed by atoms with Crippen LogP contribution in [0, 0.1) is 6.92 Å². The lowest BCUT2D eigenvalue weighted by atomic mass is 10.1. The summed E-state index contributed by atoms with van der Waals surface area (Å²) in [5.74, 6) is 0.565. The maximum absolute atomic E-state index is 13.0. The second-order valence-electron chi connectivity index (χ2n) is 6.08. The second-order valence-corrected chi connectivity index (χ2v) is 6.08. The predicted molar refractivity (Wildman–Crippen MR) is 106 cm³/mol. The van der Waals surface area contributed by atoms with E-state index in [2.05, 4.69) is 10.6 Å². The number of hydrogen-bond donors (Lipinski definition) is 2. The number of methoxy groups -OCH3 is 1. The van der Waals surface area contributed by atoms with Crippen molar-refractivity contribution in [3.63, 3.8) is 0 Å². The van der Waals surface area contributed by atoms with Crippen LogP contribution in [0.3, 0.4) is 0 Å². The van der Waals surface area contributed by atoms with Crippen LogP contribution in [0.25, 0.3) is 0 Å². The molecule has 0 unspecified atom stereocenters. The Morgan fingerprint density at radius 1 is 0.885 bits per heavy atom. The highest BCUT2D eigenvalue weighted by atomic mass is 16.5. The van der Waals surface area contributed by atoms with Crippen LogP contribution in [0.15, 0.2) is 78.9 Å². The minimum absolute atomic E-state index is 0.134. The monoisotopic (exact) mass is 346 g/mol. The highest BCUT2D eigenvalue weighted by molar-refractivity contribution is 5.97. The number of nitrogens with one attached hydrogen (secondary N) is 2. The van der Waals surface area contributed by atoms with Gasteiger partial charge in [0.25, 0.3) is 5.91 Å². The first kappa shape index (κ1) is 17.5. The van der Waals surface area contributed by atoms with E-state index in [1.165, 1.54) is 5.56 Å². The van der Waals surface area contributed by atoms with Gasteiger partial charge in [-0.1, -0.05) is 54.1 Å². The quantitative estimate of drug-likeness (QED) is 0.674. The third kappa shape index (κ3) is 4.42. The Bertz CT molecular complexity index is 861. The van der Waals surface area contributed by atoms with Gasteiger partial charge < -0.3 is 15.4 Å². The molecule has 3 rings (SSSR count). The summed E-state index contributed by atoms with van der Waals surface area (Å²) in [6.45, 7) is 2.04. The van der Waals surface area contributed by atoms with E-state index in [1.54, 1.807) is 13.2 Å². The molecule has 26 heavy (non-hydrogen) atoms. The van der Waals surface area contributed by atoms with Crippen molar-refractivity contribution < 1.29 is 9.53 Å². The molecule has 0 bridgehead atoms. The largest absolute Gasteiger partial charge is 0.497 e. The molecule has 0 aromatic heterocycles. The standard InChI is InChI=1S/C22H22N2O2/c1-16-11-13-18(14-12-16)23-21(17-7-4-3-5-8-17)22(25)24-19-9-6-10-20(15-19)26-2/h3-15,21,23H,1-2H3,(H,24,25)/t21-/m0/s1. The van der Waals surface area contributed by atoms with Gasteiger partial charge in [-0.25, -0.2) is 0 Å². The van der Waals surface area contributed by atoms with Crippen LogP contribution in [0.4, 0.5) is 11.4 Å². The van der Waals surface area contributed by atoms with E-state index in [9.17, 15) is 4.79 Å². The van der Waals surface area contributed by atoms with Crippen LogP contribution in [-0.2, 0) is 4.79 Å². The van der Waals surface area contributed by atoms with E-state index in [1.807, 2.05) is 79.7 Å². The second kappa shape index (κ2) is 8.21. The minimum atomic E-state index is -0.509. The number of anilines is 2. The van der Waals surface area contributed by atoms with Crippen LogP contribution < -0.4 is 15.4 Å². The Kier molecular flexibility index (Phi) is 5.54. The Morgan fingerprint density at radius 3 is 2.31 bits per heavy atom. The molecule has 0 aliphatic heterocycles. The van der Waals surface area contributed by atoms with Crippen molar-refractivity contribution >= 4 is 17.3 Å². The van der Waals surface area contributed by atoms with Gasteiger partial charge in [-0.3, -0.25) is 4.79 Å². The number of benzene rings is 3. The van der Waals surface area contributed by atoms with Crippen LogP contribution in [-0.4, -0.2) is 13.0 Å². The summed E-state index contributed by atoms with van der Waals surface area (Å²) in [6.07, 6.45) is 0. The molecule has 0 aliphatic carbocycles. The molecule has 1 amide bonds. The molecule has 1 atom stereocenters. The van der Waals surface area contributed by atoms with E-state index in [0.717, 1.165) is 11.3 Å². The van der Waals surface area contributed by atoms with Crippen molar-refractivity contribution in [1.29, 1.82) is 0 Å². The number of carbonyl (C=O) groups excluding carboxylic acids is 1. The average Bonchev–Trinajstić information content (AvgIpc) is 2.68. The normalized spacial score (nSPS) is 11.5. The van der Waals surface area contributed by atoms with E-state index >= 15 is 0 Å². The summed E-state index contributed by atoms with van der Waals surface area (Å²) in [5.41, 5.74) is 3.66. The fourth-order valence-electron chi connectivity index (χ4n) is 2.68. The summed E-state index contributed by atoms with van der Waals surface area (Å²) < 4.78 is 5.22. The van der Waals surface area contributed by atoms with Crippen LogP contribution >= 0.6 is 0 Å². The predicted octanol–water partition coefficient (Wildman–Crippen LogP) is 4.80.